The molecular weight excluding hydrogens is 1240 g/mol. The quantitative estimate of drug-likeness (QED) is 0.0211. The highest BCUT2D eigenvalue weighted by Gasteiger charge is 2.27. The lowest BCUT2D eigenvalue weighted by Gasteiger charge is -2.24. The zero-order valence-corrected chi connectivity index (χ0v) is 67.4. The number of carbonyl (C=O) groups excluding carboxylic acids is 2. The van der Waals surface area contributed by atoms with Crippen LogP contribution in [0.1, 0.15) is 431 Å². The molecule has 0 bridgehead atoms. The number of quaternary nitrogens is 1. The van der Waals surface area contributed by atoms with E-state index in [1.807, 2.05) is 21.1 Å². The lowest BCUT2D eigenvalue weighted by Crippen LogP contribution is -2.37. The maximum atomic E-state index is 12.9. The Bertz CT molecular complexity index is 1900. The third-order valence-corrected chi connectivity index (χ3v) is 20.5. The van der Waals surface area contributed by atoms with E-state index < -0.39 is 26.5 Å². The summed E-state index contributed by atoms with van der Waals surface area (Å²) in [6, 6.07) is 0. The molecule has 0 aromatic carbocycles. The summed E-state index contributed by atoms with van der Waals surface area (Å²) in [7, 11) is 1.50. The van der Waals surface area contributed by atoms with E-state index in [1.165, 1.54) is 327 Å². The Kier molecular flexibility index (Phi) is 77.5. The van der Waals surface area contributed by atoms with Gasteiger partial charge in [0, 0.05) is 12.8 Å². The van der Waals surface area contributed by atoms with Crippen LogP contribution in [0.15, 0.2) is 72.9 Å². The van der Waals surface area contributed by atoms with Gasteiger partial charge in [-0.3, -0.25) is 18.6 Å². The first-order chi connectivity index (χ1) is 48.5. The summed E-state index contributed by atoms with van der Waals surface area (Å²) in [6.45, 7) is 4.40. The summed E-state index contributed by atoms with van der Waals surface area (Å²) < 4.78 is 34.9. The molecule has 10 heteroatoms. The van der Waals surface area contributed by atoms with Crippen molar-refractivity contribution >= 4 is 19.8 Å². The zero-order chi connectivity index (χ0) is 71.8. The summed E-state index contributed by atoms with van der Waals surface area (Å²) >= 11 is 0. The van der Waals surface area contributed by atoms with Crippen molar-refractivity contribution in [3.05, 3.63) is 72.9 Å². The molecule has 0 aliphatic heterocycles. The molecule has 1 N–H and O–H groups in total. The summed E-state index contributed by atoms with van der Waals surface area (Å²) in [5, 5.41) is 0. The van der Waals surface area contributed by atoms with Crippen molar-refractivity contribution in [1.29, 1.82) is 0 Å². The molecule has 0 aromatic rings. The Balaban J connectivity index is 3.88. The van der Waals surface area contributed by atoms with Crippen LogP contribution in [0.5, 0.6) is 0 Å². The van der Waals surface area contributed by atoms with Crippen molar-refractivity contribution in [3.8, 4) is 0 Å². The molecule has 0 aliphatic carbocycles. The van der Waals surface area contributed by atoms with Crippen molar-refractivity contribution in [2.45, 2.75) is 437 Å². The molecule has 2 atom stereocenters. The average molecular weight is 1410 g/mol. The van der Waals surface area contributed by atoms with Gasteiger partial charge in [0.05, 0.1) is 27.7 Å². The summed E-state index contributed by atoms with van der Waals surface area (Å²) in [4.78, 5) is 36.0. The van der Waals surface area contributed by atoms with E-state index in [4.69, 9.17) is 18.5 Å². The van der Waals surface area contributed by atoms with Gasteiger partial charge in [-0.05, 0) is 64.2 Å². The van der Waals surface area contributed by atoms with Crippen molar-refractivity contribution in [2.24, 2.45) is 0 Å². The highest BCUT2D eigenvalue weighted by atomic mass is 31.2. The Morgan fingerprint density at radius 2 is 0.576 bits per heavy atom. The highest BCUT2D eigenvalue weighted by Crippen LogP contribution is 2.43. The number of nitrogens with zero attached hydrogens (tertiary/aromatic N) is 1. The molecule has 0 aliphatic rings. The maximum absolute atomic E-state index is 12.9. The van der Waals surface area contributed by atoms with Gasteiger partial charge in [-0.25, -0.2) is 4.57 Å². The van der Waals surface area contributed by atoms with Gasteiger partial charge in [0.25, 0.3) is 0 Å². The van der Waals surface area contributed by atoms with Crippen molar-refractivity contribution in [1.82, 2.24) is 0 Å². The van der Waals surface area contributed by atoms with E-state index in [0.717, 1.165) is 70.6 Å². The molecule has 0 aromatic heterocycles. The lowest BCUT2D eigenvalue weighted by atomic mass is 10.0. The maximum Gasteiger partial charge on any atom is 0.472 e. The zero-order valence-electron chi connectivity index (χ0n) is 66.5. The van der Waals surface area contributed by atoms with Crippen molar-refractivity contribution in [2.75, 3.05) is 47.5 Å². The molecule has 2 unspecified atom stereocenters. The van der Waals surface area contributed by atoms with Crippen LogP contribution in [0, 0.1) is 0 Å². The Hall–Kier alpha value is -2.55. The number of phosphoric acid groups is 1. The number of esters is 2. The molecule has 99 heavy (non-hydrogen) atoms. The minimum Gasteiger partial charge on any atom is -0.462 e. The van der Waals surface area contributed by atoms with E-state index >= 15 is 0 Å². The lowest BCUT2D eigenvalue weighted by molar-refractivity contribution is -0.870. The van der Waals surface area contributed by atoms with Crippen LogP contribution in [-0.2, 0) is 32.7 Å². The first kappa shape index (κ1) is 96.4. The second-order valence-corrected chi connectivity index (χ2v) is 32.0. The monoisotopic (exact) mass is 1410 g/mol. The first-order valence-corrected chi connectivity index (χ1v) is 44.7. The number of phosphoric ester groups is 1. The van der Waals surface area contributed by atoms with E-state index in [0.29, 0.717) is 23.9 Å². The van der Waals surface area contributed by atoms with Crippen LogP contribution in [-0.4, -0.2) is 74.9 Å². The Morgan fingerprint density at radius 3 is 0.859 bits per heavy atom. The molecule has 0 spiro atoms. The van der Waals surface area contributed by atoms with E-state index in [1.54, 1.807) is 0 Å². The molecule has 9 nitrogen and oxygen atoms in total. The topological polar surface area (TPSA) is 108 Å². The molecule has 0 radical (unpaired) electrons. The number of likely N-dealkylation sites (N-methyl/N-ethyl adjacent to an activating group) is 1. The van der Waals surface area contributed by atoms with Crippen LogP contribution < -0.4 is 0 Å². The highest BCUT2D eigenvalue weighted by molar-refractivity contribution is 7.47. The first-order valence-electron chi connectivity index (χ1n) is 43.2. The van der Waals surface area contributed by atoms with Gasteiger partial charge >= 0.3 is 19.8 Å². The number of unbranched alkanes of at least 4 members (excludes halogenated alkanes) is 55. The molecule has 0 heterocycles. The number of carbonyl (C=O) groups is 2. The predicted octanol–water partition coefficient (Wildman–Crippen LogP) is 29.0. The van der Waals surface area contributed by atoms with Crippen LogP contribution in [0.25, 0.3) is 0 Å². The molecule has 0 saturated carbocycles. The molecule has 0 amide bonds. The number of ether oxygens (including phenoxy) is 2. The van der Waals surface area contributed by atoms with Crippen molar-refractivity contribution < 1.29 is 42.1 Å². The van der Waals surface area contributed by atoms with Crippen LogP contribution in [0.4, 0.5) is 0 Å². The third-order valence-electron chi connectivity index (χ3n) is 19.5. The molecular formula is C89H167NO8P+. The molecule has 580 valence electrons. The van der Waals surface area contributed by atoms with Gasteiger partial charge in [-0.15, -0.1) is 0 Å². The Morgan fingerprint density at radius 1 is 0.323 bits per heavy atom. The molecule has 0 rings (SSSR count). The second-order valence-electron chi connectivity index (χ2n) is 30.6. The largest absolute Gasteiger partial charge is 0.472 e. The molecule has 0 saturated heterocycles. The summed E-state index contributed by atoms with van der Waals surface area (Å²) in [5.41, 5.74) is 0. The number of hydrogen-bond acceptors (Lipinski definition) is 7. The Labute approximate surface area is 616 Å². The second kappa shape index (κ2) is 79.6. The van der Waals surface area contributed by atoms with Gasteiger partial charge in [0.2, 0.25) is 0 Å². The number of rotatable bonds is 81. The predicted molar refractivity (Wildman–Crippen MR) is 432 cm³/mol. The number of allylic oxidation sites excluding steroid dienone is 12. The van der Waals surface area contributed by atoms with Crippen LogP contribution in [0.2, 0.25) is 0 Å². The average Bonchev–Trinajstić information content (AvgIpc) is 0.999. The van der Waals surface area contributed by atoms with Gasteiger partial charge in [0.15, 0.2) is 6.10 Å². The van der Waals surface area contributed by atoms with Gasteiger partial charge in [0.1, 0.15) is 19.8 Å². The number of hydrogen-bond donors (Lipinski definition) is 1. The van der Waals surface area contributed by atoms with E-state index in [9.17, 15) is 19.0 Å². The van der Waals surface area contributed by atoms with Gasteiger partial charge in [-0.2, -0.15) is 0 Å². The fourth-order valence-electron chi connectivity index (χ4n) is 13.0. The minimum atomic E-state index is -4.40. The van der Waals surface area contributed by atoms with Gasteiger partial charge in [-0.1, -0.05) is 427 Å². The SMILES string of the molecule is CC/C=C\C/C=C\C/C=C\C/C=C\C/C=C\C/C=C\CCCCCCCCCCCCCCCCCCCCC(=O)OC(COC(=O)CCCCCCCCCCCCCCCCCCCCCCCCCCCCCCCCCCCCCCCC)COP(=O)(O)OCC[N+](C)(C)C. The standard InChI is InChI=1S/C89H166NO8P/c1-6-8-10-12-14-16-18-20-22-24-26-28-30-32-34-36-38-40-42-44-46-47-49-51-53-55-57-59-61-63-65-67-69-71-73-75-77-79-81-88(91)95-85-87(86-97-99(93,94)96-84-83-90(3,4)5)98-89(92)82-80-78-76-74-72-70-68-66-64-62-60-58-56-54-52-50-48-45-43-41-39-37-35-33-31-29-27-25-23-21-19-17-15-13-11-9-7-2/h9,11,15,17,21,23,27,29,33,35,39,41,87H,6-8,10,12-14,16,18-20,22,24-26,28,30-32,34,36-38,40,42-86H2,1-5H3/p+1/b11-9-,17-15-,23-21-,29-27-,35-33-,41-39-. The van der Waals surface area contributed by atoms with Gasteiger partial charge < -0.3 is 18.9 Å². The van der Waals surface area contributed by atoms with E-state index in [-0.39, 0.29) is 25.6 Å². The summed E-state index contributed by atoms with van der Waals surface area (Å²) in [6.07, 6.45) is 109. The third kappa shape index (κ3) is 84.3. The fraction of sp³-hybridized carbons (Fsp3) is 0.843. The van der Waals surface area contributed by atoms with Crippen molar-refractivity contribution in [3.63, 3.8) is 0 Å². The molecule has 0 fully saturated rings. The van der Waals surface area contributed by atoms with Crippen LogP contribution >= 0.6 is 7.82 Å². The summed E-state index contributed by atoms with van der Waals surface area (Å²) in [5.74, 6) is -0.774. The minimum absolute atomic E-state index is 0.0333. The van der Waals surface area contributed by atoms with E-state index in [2.05, 4.69) is 86.8 Å². The van der Waals surface area contributed by atoms with Crippen LogP contribution in [0.3, 0.4) is 0 Å². The smallest absolute Gasteiger partial charge is 0.462 e. The fourth-order valence-corrected chi connectivity index (χ4v) is 13.7. The normalized spacial score (nSPS) is 13.3.